The molecule has 0 aromatic heterocycles. The number of hydrogen-bond acceptors (Lipinski definition) is 3. The SMILES string of the molecule is CCC(CC)(NC(=O)N1CCN(CC(C)C)CC1)C(=O)O. The molecule has 1 aliphatic rings. The third-order valence-electron chi connectivity index (χ3n) is 4.25. The highest BCUT2D eigenvalue weighted by molar-refractivity contribution is 5.86. The number of nitrogens with zero attached hydrogens (tertiary/aromatic N) is 2. The molecule has 0 bridgehead atoms. The average Bonchev–Trinajstić information content (AvgIpc) is 2.44. The average molecular weight is 299 g/mol. The van der Waals surface area contributed by atoms with Gasteiger partial charge in [-0.2, -0.15) is 0 Å². The van der Waals surface area contributed by atoms with E-state index >= 15 is 0 Å². The Kier molecular flexibility index (Phi) is 6.45. The number of rotatable bonds is 6. The van der Waals surface area contributed by atoms with Gasteiger partial charge in [-0.15, -0.1) is 0 Å². The van der Waals surface area contributed by atoms with Crippen molar-refractivity contribution >= 4 is 12.0 Å². The highest BCUT2D eigenvalue weighted by atomic mass is 16.4. The molecule has 6 nitrogen and oxygen atoms in total. The van der Waals surface area contributed by atoms with Crippen LogP contribution in [0.4, 0.5) is 4.79 Å². The number of carboxylic acid groups (broad SMARTS) is 1. The van der Waals surface area contributed by atoms with Crippen molar-refractivity contribution in [2.45, 2.75) is 46.1 Å². The first-order valence-electron chi connectivity index (χ1n) is 7.87. The molecule has 0 unspecified atom stereocenters. The molecular weight excluding hydrogens is 270 g/mol. The molecule has 1 rings (SSSR count). The van der Waals surface area contributed by atoms with E-state index in [1.54, 1.807) is 18.7 Å². The molecule has 0 atom stereocenters. The van der Waals surface area contributed by atoms with E-state index in [9.17, 15) is 14.7 Å². The van der Waals surface area contributed by atoms with Gasteiger partial charge in [-0.25, -0.2) is 9.59 Å². The van der Waals surface area contributed by atoms with Crippen molar-refractivity contribution in [3.63, 3.8) is 0 Å². The summed E-state index contributed by atoms with van der Waals surface area (Å²) < 4.78 is 0. The van der Waals surface area contributed by atoms with E-state index in [0.717, 1.165) is 19.6 Å². The summed E-state index contributed by atoms with van der Waals surface area (Å²) in [5.74, 6) is -0.343. The minimum Gasteiger partial charge on any atom is -0.480 e. The van der Waals surface area contributed by atoms with E-state index in [0.29, 0.717) is 31.8 Å². The summed E-state index contributed by atoms with van der Waals surface area (Å²) in [7, 11) is 0. The lowest BCUT2D eigenvalue weighted by molar-refractivity contribution is -0.144. The molecule has 0 aromatic carbocycles. The molecule has 1 fully saturated rings. The molecular formula is C15H29N3O3. The summed E-state index contributed by atoms with van der Waals surface area (Å²) in [5, 5.41) is 12.1. The normalized spacial score (nSPS) is 17.1. The minimum absolute atomic E-state index is 0.259. The predicted octanol–water partition coefficient (Wildman–Crippen LogP) is 1.61. The third kappa shape index (κ3) is 4.59. The first kappa shape index (κ1) is 17.8. The van der Waals surface area contributed by atoms with Gasteiger partial charge in [-0.1, -0.05) is 27.7 Å². The van der Waals surface area contributed by atoms with Crippen molar-refractivity contribution < 1.29 is 14.7 Å². The van der Waals surface area contributed by atoms with Gasteiger partial charge in [0.2, 0.25) is 0 Å². The smallest absolute Gasteiger partial charge is 0.329 e. The van der Waals surface area contributed by atoms with Crippen LogP contribution >= 0.6 is 0 Å². The lowest BCUT2D eigenvalue weighted by Crippen LogP contribution is -2.60. The zero-order valence-electron chi connectivity index (χ0n) is 13.7. The van der Waals surface area contributed by atoms with Crippen molar-refractivity contribution in [3.8, 4) is 0 Å². The van der Waals surface area contributed by atoms with Gasteiger partial charge in [0.25, 0.3) is 0 Å². The highest BCUT2D eigenvalue weighted by Gasteiger charge is 2.38. The van der Waals surface area contributed by atoms with Crippen LogP contribution in [0.15, 0.2) is 0 Å². The van der Waals surface area contributed by atoms with Crippen molar-refractivity contribution in [1.29, 1.82) is 0 Å². The minimum atomic E-state index is -1.15. The Morgan fingerprint density at radius 3 is 2.05 bits per heavy atom. The molecule has 122 valence electrons. The second-order valence-electron chi connectivity index (χ2n) is 6.21. The molecule has 1 aliphatic heterocycles. The molecule has 0 spiro atoms. The Balaban J connectivity index is 2.56. The summed E-state index contributed by atoms with van der Waals surface area (Å²) in [6.45, 7) is 12.0. The third-order valence-corrected chi connectivity index (χ3v) is 4.25. The Bertz CT molecular complexity index is 359. The number of urea groups is 1. The first-order valence-corrected chi connectivity index (χ1v) is 7.87. The van der Waals surface area contributed by atoms with Crippen LogP contribution in [0, 0.1) is 5.92 Å². The summed E-state index contributed by atoms with van der Waals surface area (Å²) in [6.07, 6.45) is 0.774. The fourth-order valence-corrected chi connectivity index (χ4v) is 2.72. The molecule has 0 saturated carbocycles. The standard InChI is InChI=1S/C15H29N3O3/c1-5-15(6-2,13(19)20)16-14(21)18-9-7-17(8-10-18)11-12(3)4/h12H,5-11H2,1-4H3,(H,16,21)(H,19,20). The van der Waals surface area contributed by atoms with Gasteiger partial charge in [0, 0.05) is 32.7 Å². The number of aliphatic carboxylic acids is 1. The molecule has 2 N–H and O–H groups in total. The van der Waals surface area contributed by atoms with Crippen LogP contribution in [0.5, 0.6) is 0 Å². The first-order chi connectivity index (χ1) is 9.84. The zero-order chi connectivity index (χ0) is 16.0. The monoisotopic (exact) mass is 299 g/mol. The van der Waals surface area contributed by atoms with Gasteiger partial charge in [-0.05, 0) is 18.8 Å². The fraction of sp³-hybridized carbons (Fsp3) is 0.867. The molecule has 1 saturated heterocycles. The lowest BCUT2D eigenvalue weighted by atomic mass is 9.93. The molecule has 21 heavy (non-hydrogen) atoms. The fourth-order valence-electron chi connectivity index (χ4n) is 2.72. The Morgan fingerprint density at radius 1 is 1.14 bits per heavy atom. The zero-order valence-corrected chi connectivity index (χ0v) is 13.7. The van der Waals surface area contributed by atoms with Crippen LogP contribution in [-0.2, 0) is 4.79 Å². The number of carboxylic acids is 1. The van der Waals surface area contributed by atoms with E-state index in [1.807, 2.05) is 0 Å². The summed E-state index contributed by atoms with van der Waals surface area (Å²) in [6, 6.07) is -0.259. The van der Waals surface area contributed by atoms with Gasteiger partial charge in [-0.3, -0.25) is 4.90 Å². The summed E-state index contributed by atoms with van der Waals surface area (Å²) in [4.78, 5) is 27.8. The largest absolute Gasteiger partial charge is 0.480 e. The molecule has 0 radical (unpaired) electrons. The molecule has 6 heteroatoms. The molecule has 0 aliphatic carbocycles. The van der Waals surface area contributed by atoms with Crippen LogP contribution in [0.25, 0.3) is 0 Å². The van der Waals surface area contributed by atoms with E-state index in [2.05, 4.69) is 24.1 Å². The van der Waals surface area contributed by atoms with Crippen molar-refractivity contribution in [2.75, 3.05) is 32.7 Å². The Morgan fingerprint density at radius 2 is 1.67 bits per heavy atom. The van der Waals surface area contributed by atoms with Gasteiger partial charge < -0.3 is 15.3 Å². The van der Waals surface area contributed by atoms with E-state index in [1.165, 1.54) is 0 Å². The number of nitrogens with one attached hydrogen (secondary N) is 1. The second kappa shape index (κ2) is 7.64. The van der Waals surface area contributed by atoms with Gasteiger partial charge >= 0.3 is 12.0 Å². The Hall–Kier alpha value is -1.30. The summed E-state index contributed by atoms with van der Waals surface area (Å²) >= 11 is 0. The maximum atomic E-state index is 12.3. The Labute approximate surface area is 127 Å². The number of piperazine rings is 1. The maximum Gasteiger partial charge on any atom is 0.329 e. The van der Waals surface area contributed by atoms with Crippen LogP contribution < -0.4 is 5.32 Å². The van der Waals surface area contributed by atoms with Gasteiger partial charge in [0.05, 0.1) is 0 Å². The molecule has 0 aromatic rings. The molecule has 2 amide bonds. The van der Waals surface area contributed by atoms with E-state index in [-0.39, 0.29) is 6.03 Å². The number of carbonyl (C=O) groups excluding carboxylic acids is 1. The number of hydrogen-bond donors (Lipinski definition) is 2. The van der Waals surface area contributed by atoms with Crippen LogP contribution in [-0.4, -0.2) is 65.2 Å². The second-order valence-corrected chi connectivity index (χ2v) is 6.21. The van der Waals surface area contributed by atoms with Gasteiger partial charge in [0.15, 0.2) is 0 Å². The molecule has 1 heterocycles. The van der Waals surface area contributed by atoms with Crippen LogP contribution in [0.3, 0.4) is 0 Å². The summed E-state index contributed by atoms with van der Waals surface area (Å²) in [5.41, 5.74) is -1.15. The quantitative estimate of drug-likeness (QED) is 0.781. The number of amides is 2. The topological polar surface area (TPSA) is 72.9 Å². The maximum absolute atomic E-state index is 12.3. The van der Waals surface area contributed by atoms with Crippen LogP contribution in [0.1, 0.15) is 40.5 Å². The van der Waals surface area contributed by atoms with Gasteiger partial charge in [0.1, 0.15) is 5.54 Å². The van der Waals surface area contributed by atoms with E-state index < -0.39 is 11.5 Å². The van der Waals surface area contributed by atoms with Crippen molar-refractivity contribution in [1.82, 2.24) is 15.1 Å². The lowest BCUT2D eigenvalue weighted by Gasteiger charge is -2.37. The van der Waals surface area contributed by atoms with E-state index in [4.69, 9.17) is 0 Å². The predicted molar refractivity (Wildman–Crippen MR) is 82.3 cm³/mol. The van der Waals surface area contributed by atoms with Crippen molar-refractivity contribution in [2.24, 2.45) is 5.92 Å². The van der Waals surface area contributed by atoms with Crippen molar-refractivity contribution in [3.05, 3.63) is 0 Å². The number of carbonyl (C=O) groups is 2. The van der Waals surface area contributed by atoms with Crippen LogP contribution in [0.2, 0.25) is 0 Å². The highest BCUT2D eigenvalue weighted by Crippen LogP contribution is 2.16.